The Bertz CT molecular complexity index is 1380. The molecule has 0 aromatic heterocycles. The van der Waals surface area contributed by atoms with E-state index in [2.05, 4.69) is 21.3 Å². The van der Waals surface area contributed by atoms with Crippen LogP contribution in [0.4, 0.5) is 0 Å². The minimum Gasteiger partial charge on any atom is -0.460 e. The lowest BCUT2D eigenvalue weighted by Crippen LogP contribution is -2.44. The first kappa shape index (κ1) is 68.5. The van der Waals surface area contributed by atoms with E-state index in [1.54, 1.807) is 20.8 Å². The van der Waals surface area contributed by atoms with E-state index in [-0.39, 0.29) is 62.1 Å². The first-order chi connectivity index (χ1) is 34.5. The fourth-order valence-corrected chi connectivity index (χ4v) is 6.99. The number of rotatable bonds is 50. The summed E-state index contributed by atoms with van der Waals surface area (Å²) >= 11 is 0. The van der Waals surface area contributed by atoms with Gasteiger partial charge in [0.15, 0.2) is 0 Å². The number of amides is 4. The van der Waals surface area contributed by atoms with Gasteiger partial charge < -0.3 is 64.9 Å². The molecule has 0 saturated heterocycles. The van der Waals surface area contributed by atoms with Gasteiger partial charge >= 0.3 is 11.9 Å². The zero-order valence-electron chi connectivity index (χ0n) is 45.7. The van der Waals surface area contributed by atoms with E-state index < -0.39 is 23.2 Å². The lowest BCUT2D eigenvalue weighted by Gasteiger charge is -2.24. The molecule has 4 amide bonds. The molecule has 1 atom stereocenters. The van der Waals surface area contributed by atoms with Crippen molar-refractivity contribution in [3.8, 4) is 0 Å². The Morgan fingerprint density at radius 2 is 0.736 bits per heavy atom. The first-order valence-electron chi connectivity index (χ1n) is 27.2. The summed E-state index contributed by atoms with van der Waals surface area (Å²) in [6, 6.07) is -0.739. The van der Waals surface area contributed by atoms with Gasteiger partial charge in [-0.05, 0) is 73.6 Å². The molecule has 0 heterocycles. The number of ether oxygens (including phenoxy) is 8. The molecule has 0 aliphatic carbocycles. The van der Waals surface area contributed by atoms with Crippen molar-refractivity contribution in [2.75, 3.05) is 105 Å². The van der Waals surface area contributed by atoms with E-state index in [9.17, 15) is 28.8 Å². The molecule has 0 aliphatic heterocycles. The second kappa shape index (κ2) is 47.3. The monoisotopic (exact) mass is 1030 g/mol. The van der Waals surface area contributed by atoms with Crippen molar-refractivity contribution in [1.29, 1.82) is 0 Å². The van der Waals surface area contributed by atoms with E-state index in [4.69, 9.17) is 43.6 Å². The number of nitrogens with one attached hydrogen (secondary N) is 4. The predicted octanol–water partition coefficient (Wildman–Crippen LogP) is 6.14. The molecule has 6 N–H and O–H groups in total. The second-order valence-corrected chi connectivity index (χ2v) is 19.9. The minimum absolute atomic E-state index is 0.0963. The second-order valence-electron chi connectivity index (χ2n) is 19.9. The molecular weight excluding hydrogens is 931 g/mol. The maximum absolute atomic E-state index is 13.0. The summed E-state index contributed by atoms with van der Waals surface area (Å²) in [6.07, 6.45) is 19.2. The van der Waals surface area contributed by atoms with Gasteiger partial charge in [-0.15, -0.1) is 0 Å². The standard InChI is InChI=1S/C53H101N5O14/c1-52(2,3)71-50(63)25-20-18-16-14-12-10-8-7-9-11-13-15-17-19-24-49(62)58-45(51(64)72-53(4,5)6)23-21-22-30-55-46(59)26-33-66-40-43-69-37-32-57-48(61)28-35-67-41-44-70-38-31-56-47(60)27-34-65-39-42-68-36-29-54/h45H,7-44,54H2,1-6H3,(H,55,59)(H,56,60)(H,57,61)(H,58,62)/t45-/m0/s1. The smallest absolute Gasteiger partial charge is 0.329 e. The third kappa shape index (κ3) is 51.4. The van der Waals surface area contributed by atoms with E-state index in [1.165, 1.54) is 57.8 Å². The lowest BCUT2D eigenvalue weighted by atomic mass is 10.0. The number of hydrogen-bond acceptors (Lipinski definition) is 15. The maximum atomic E-state index is 13.0. The van der Waals surface area contributed by atoms with Gasteiger partial charge in [0.2, 0.25) is 23.6 Å². The Kier molecular flexibility index (Phi) is 45.0. The minimum atomic E-state index is -0.739. The Morgan fingerprint density at radius 1 is 0.375 bits per heavy atom. The van der Waals surface area contributed by atoms with Crippen molar-refractivity contribution in [2.45, 2.75) is 200 Å². The summed E-state index contributed by atoms with van der Waals surface area (Å²) in [5, 5.41) is 11.3. The van der Waals surface area contributed by atoms with Gasteiger partial charge in [-0.1, -0.05) is 77.0 Å². The zero-order chi connectivity index (χ0) is 53.4. The number of nitrogens with two attached hydrogens (primary N) is 1. The summed E-state index contributed by atoms with van der Waals surface area (Å²) < 4.78 is 43.3. The molecule has 0 aromatic carbocycles. The SMILES string of the molecule is CC(C)(C)OC(=O)CCCCCCCCCCCCCCCCC(=O)N[C@@H](CCCCNC(=O)CCOCCOCCNC(=O)CCOCCOCCNC(=O)CCOCCOCCN)C(=O)OC(C)(C)C. The topological polar surface area (TPSA) is 250 Å². The van der Waals surface area contributed by atoms with Gasteiger partial charge in [-0.25, -0.2) is 4.79 Å². The van der Waals surface area contributed by atoms with Gasteiger partial charge in [-0.3, -0.25) is 24.0 Å². The van der Waals surface area contributed by atoms with Gasteiger partial charge in [0.1, 0.15) is 17.2 Å². The van der Waals surface area contributed by atoms with E-state index in [1.807, 2.05) is 20.8 Å². The molecule has 0 saturated carbocycles. The lowest BCUT2D eigenvalue weighted by molar-refractivity contribution is -0.159. The summed E-state index contributed by atoms with van der Waals surface area (Å²) in [7, 11) is 0. The highest BCUT2D eigenvalue weighted by Crippen LogP contribution is 2.16. The molecule has 0 spiro atoms. The van der Waals surface area contributed by atoms with Crippen LogP contribution in [-0.2, 0) is 66.7 Å². The highest BCUT2D eigenvalue weighted by Gasteiger charge is 2.26. The van der Waals surface area contributed by atoms with E-state index >= 15 is 0 Å². The van der Waals surface area contributed by atoms with Crippen LogP contribution in [0.1, 0.15) is 183 Å². The fraction of sp³-hybridized carbons (Fsp3) is 0.887. The van der Waals surface area contributed by atoms with Crippen molar-refractivity contribution in [2.24, 2.45) is 5.73 Å². The van der Waals surface area contributed by atoms with Crippen LogP contribution in [0.3, 0.4) is 0 Å². The molecule has 0 bridgehead atoms. The van der Waals surface area contributed by atoms with Gasteiger partial charge in [0, 0.05) is 58.3 Å². The molecule has 19 heteroatoms. The molecule has 0 rings (SSSR count). The van der Waals surface area contributed by atoms with E-state index in [0.717, 1.165) is 32.1 Å². The molecule has 72 heavy (non-hydrogen) atoms. The number of hydrogen-bond donors (Lipinski definition) is 5. The van der Waals surface area contributed by atoms with Crippen LogP contribution in [0.5, 0.6) is 0 Å². The molecule has 422 valence electrons. The number of esters is 2. The zero-order valence-corrected chi connectivity index (χ0v) is 45.7. The van der Waals surface area contributed by atoms with Crippen molar-refractivity contribution >= 4 is 35.6 Å². The van der Waals surface area contributed by atoms with Gasteiger partial charge in [0.05, 0.1) is 79.3 Å². The van der Waals surface area contributed by atoms with Gasteiger partial charge in [0.25, 0.3) is 0 Å². The molecule has 0 radical (unpaired) electrons. The highest BCUT2D eigenvalue weighted by molar-refractivity contribution is 5.84. The molecule has 0 unspecified atom stereocenters. The molecule has 0 fully saturated rings. The Morgan fingerprint density at radius 3 is 1.14 bits per heavy atom. The Hall–Kier alpha value is -3.46. The quantitative estimate of drug-likeness (QED) is 0.0339. The molecular formula is C53H101N5O14. The average Bonchev–Trinajstić information content (AvgIpc) is 3.30. The Labute approximate surface area is 433 Å². The van der Waals surface area contributed by atoms with Crippen LogP contribution in [-0.4, -0.2) is 158 Å². The number of carbonyl (C=O) groups is 6. The highest BCUT2D eigenvalue weighted by atomic mass is 16.6. The third-order valence-corrected chi connectivity index (χ3v) is 10.7. The van der Waals surface area contributed by atoms with Gasteiger partial charge in [-0.2, -0.15) is 0 Å². The average molecular weight is 1030 g/mol. The molecule has 0 aromatic rings. The number of carbonyl (C=O) groups excluding carboxylic acids is 6. The summed E-state index contributed by atoms with van der Waals surface area (Å²) in [5.41, 5.74) is 4.25. The van der Waals surface area contributed by atoms with Crippen molar-refractivity contribution in [3.05, 3.63) is 0 Å². The predicted molar refractivity (Wildman–Crippen MR) is 278 cm³/mol. The van der Waals surface area contributed by atoms with Crippen LogP contribution in [0.25, 0.3) is 0 Å². The van der Waals surface area contributed by atoms with Crippen molar-refractivity contribution in [3.63, 3.8) is 0 Å². The summed E-state index contributed by atoms with van der Waals surface area (Å²) in [6.45, 7) is 16.9. The fourth-order valence-electron chi connectivity index (χ4n) is 6.99. The first-order valence-corrected chi connectivity index (χ1v) is 27.2. The largest absolute Gasteiger partial charge is 0.460 e. The Balaban J connectivity index is 3.85. The number of unbranched alkanes of at least 4 members (excludes halogenated alkanes) is 14. The maximum Gasteiger partial charge on any atom is 0.329 e. The van der Waals surface area contributed by atoms with Crippen LogP contribution >= 0.6 is 0 Å². The normalized spacial score (nSPS) is 12.0. The van der Waals surface area contributed by atoms with Crippen molar-refractivity contribution in [1.82, 2.24) is 21.3 Å². The van der Waals surface area contributed by atoms with E-state index in [0.29, 0.717) is 124 Å². The summed E-state index contributed by atoms with van der Waals surface area (Å²) in [5.74, 6) is -1.09. The van der Waals surface area contributed by atoms with Crippen molar-refractivity contribution < 1.29 is 66.7 Å². The third-order valence-electron chi connectivity index (χ3n) is 10.7. The molecule has 19 nitrogen and oxygen atoms in total. The van der Waals surface area contributed by atoms with Crippen LogP contribution in [0.15, 0.2) is 0 Å². The molecule has 0 aliphatic rings. The summed E-state index contributed by atoms with van der Waals surface area (Å²) in [4.78, 5) is 73.7. The van der Waals surface area contributed by atoms with Crippen LogP contribution < -0.4 is 27.0 Å². The van der Waals surface area contributed by atoms with Crippen LogP contribution in [0.2, 0.25) is 0 Å². The van der Waals surface area contributed by atoms with Crippen LogP contribution in [0, 0.1) is 0 Å².